The van der Waals surface area contributed by atoms with E-state index in [0.29, 0.717) is 0 Å². The highest BCUT2D eigenvalue weighted by Gasteiger charge is 2.13. The first-order valence-corrected chi connectivity index (χ1v) is 4.63. The molecule has 1 rings (SSSR count). The first-order valence-electron chi connectivity index (χ1n) is 4.63. The molecular formula is C12H18. The van der Waals surface area contributed by atoms with Crippen LogP contribution >= 0.6 is 0 Å². The third-order valence-electron chi connectivity index (χ3n) is 2.31. The molecule has 0 spiro atoms. The lowest BCUT2D eigenvalue weighted by atomic mass is 9.90. The van der Waals surface area contributed by atoms with Gasteiger partial charge in [-0.3, -0.25) is 0 Å². The summed E-state index contributed by atoms with van der Waals surface area (Å²) in [6.45, 7) is 8.88. The molecule has 12 heavy (non-hydrogen) atoms. The molecule has 0 heterocycles. The number of allylic oxidation sites excluding steroid dienone is 6. The van der Waals surface area contributed by atoms with E-state index in [9.17, 15) is 0 Å². The molecule has 0 saturated carbocycles. The molecule has 0 aromatic carbocycles. The Hall–Kier alpha value is -0.780. The summed E-state index contributed by atoms with van der Waals surface area (Å²) < 4.78 is 0. The Morgan fingerprint density at radius 2 is 2.00 bits per heavy atom. The highest BCUT2D eigenvalue weighted by molar-refractivity contribution is 5.37. The van der Waals surface area contributed by atoms with Crippen molar-refractivity contribution in [3.63, 3.8) is 0 Å². The fourth-order valence-electron chi connectivity index (χ4n) is 1.54. The average Bonchev–Trinajstić information content (AvgIpc) is 2.10. The van der Waals surface area contributed by atoms with Crippen LogP contribution in [0.15, 0.2) is 35.5 Å². The molecule has 0 heteroatoms. The van der Waals surface area contributed by atoms with Gasteiger partial charge in [0.05, 0.1) is 0 Å². The lowest BCUT2D eigenvalue weighted by molar-refractivity contribution is 0.620. The first kappa shape index (κ1) is 9.31. The van der Waals surface area contributed by atoms with Crippen LogP contribution in [-0.2, 0) is 0 Å². The molecule has 0 radical (unpaired) electrons. The maximum Gasteiger partial charge on any atom is 0.00134 e. The van der Waals surface area contributed by atoms with Gasteiger partial charge < -0.3 is 0 Å². The molecule has 0 fully saturated rings. The average molecular weight is 162 g/mol. The Morgan fingerprint density at radius 1 is 1.33 bits per heavy atom. The maximum atomic E-state index is 2.36. The minimum atomic E-state index is 0.222. The van der Waals surface area contributed by atoms with Crippen LogP contribution in [0.5, 0.6) is 0 Å². The van der Waals surface area contributed by atoms with Gasteiger partial charge in [0.2, 0.25) is 0 Å². The Kier molecular flexibility index (Phi) is 2.56. The summed E-state index contributed by atoms with van der Waals surface area (Å²) in [5, 5.41) is 0. The van der Waals surface area contributed by atoms with Gasteiger partial charge in [0.1, 0.15) is 0 Å². The molecule has 0 N–H and O–H groups in total. The minimum absolute atomic E-state index is 0.222. The second kappa shape index (κ2) is 3.30. The highest BCUT2D eigenvalue weighted by Crippen LogP contribution is 2.28. The standard InChI is InChI=1S/C12H18/c1-5-11-9-12(3,4)8-6-7-10(11)2/h6-9H,5H2,1-4H3. The normalized spacial score (nSPS) is 21.3. The van der Waals surface area contributed by atoms with Crippen LogP contribution in [0.2, 0.25) is 0 Å². The van der Waals surface area contributed by atoms with Crippen molar-refractivity contribution >= 4 is 0 Å². The van der Waals surface area contributed by atoms with E-state index in [2.05, 4.69) is 52.0 Å². The largest absolute Gasteiger partial charge is 0.0751 e. The Bertz CT molecular complexity index is 249. The Balaban J connectivity index is 3.03. The lowest BCUT2D eigenvalue weighted by Gasteiger charge is -2.15. The lowest BCUT2D eigenvalue weighted by Crippen LogP contribution is -2.02. The van der Waals surface area contributed by atoms with E-state index in [1.807, 2.05) is 0 Å². The van der Waals surface area contributed by atoms with Crippen molar-refractivity contribution in [1.82, 2.24) is 0 Å². The maximum absolute atomic E-state index is 2.36. The second-order valence-electron chi connectivity index (χ2n) is 4.05. The van der Waals surface area contributed by atoms with E-state index in [1.54, 1.807) is 0 Å². The summed E-state index contributed by atoms with van der Waals surface area (Å²) in [5.41, 5.74) is 3.10. The number of hydrogen-bond donors (Lipinski definition) is 0. The minimum Gasteiger partial charge on any atom is -0.0751 e. The van der Waals surface area contributed by atoms with Crippen LogP contribution in [0, 0.1) is 5.41 Å². The summed E-state index contributed by atoms with van der Waals surface area (Å²) in [4.78, 5) is 0. The van der Waals surface area contributed by atoms with Crippen LogP contribution in [0.3, 0.4) is 0 Å². The number of rotatable bonds is 1. The monoisotopic (exact) mass is 162 g/mol. The van der Waals surface area contributed by atoms with Gasteiger partial charge >= 0.3 is 0 Å². The summed E-state index contributed by atoms with van der Waals surface area (Å²) in [6, 6.07) is 0. The van der Waals surface area contributed by atoms with Crippen molar-refractivity contribution in [2.45, 2.75) is 34.1 Å². The topological polar surface area (TPSA) is 0 Å². The van der Waals surface area contributed by atoms with Crippen LogP contribution in [0.25, 0.3) is 0 Å². The molecule has 0 atom stereocenters. The summed E-state index contributed by atoms with van der Waals surface area (Å²) in [7, 11) is 0. The predicted octanol–water partition coefficient (Wildman–Crippen LogP) is 3.87. The van der Waals surface area contributed by atoms with Gasteiger partial charge in [0.15, 0.2) is 0 Å². The molecular weight excluding hydrogens is 144 g/mol. The number of hydrogen-bond acceptors (Lipinski definition) is 0. The van der Waals surface area contributed by atoms with E-state index in [4.69, 9.17) is 0 Å². The SMILES string of the molecule is CCC1=CC(C)(C)C=CC=C1C. The van der Waals surface area contributed by atoms with Gasteiger partial charge in [-0.15, -0.1) is 0 Å². The molecule has 1 aliphatic rings. The van der Waals surface area contributed by atoms with Gasteiger partial charge in [-0.05, 0) is 24.5 Å². The Morgan fingerprint density at radius 3 is 2.58 bits per heavy atom. The van der Waals surface area contributed by atoms with Gasteiger partial charge in [-0.25, -0.2) is 0 Å². The molecule has 0 aromatic rings. The fourth-order valence-corrected chi connectivity index (χ4v) is 1.54. The molecule has 0 bridgehead atoms. The molecule has 0 aliphatic heterocycles. The molecule has 1 aliphatic carbocycles. The molecule has 0 aromatic heterocycles. The van der Waals surface area contributed by atoms with Crippen molar-refractivity contribution in [3.05, 3.63) is 35.5 Å². The smallest absolute Gasteiger partial charge is 0.00134 e. The zero-order chi connectivity index (χ0) is 9.19. The van der Waals surface area contributed by atoms with Crippen molar-refractivity contribution in [1.29, 1.82) is 0 Å². The molecule has 0 nitrogen and oxygen atoms in total. The third kappa shape index (κ3) is 2.10. The molecule has 0 saturated heterocycles. The van der Waals surface area contributed by atoms with Gasteiger partial charge in [0.25, 0.3) is 0 Å². The first-order chi connectivity index (χ1) is 5.55. The van der Waals surface area contributed by atoms with Gasteiger partial charge in [0, 0.05) is 5.41 Å². The van der Waals surface area contributed by atoms with Crippen molar-refractivity contribution in [3.8, 4) is 0 Å². The summed E-state index contributed by atoms with van der Waals surface area (Å²) in [5.74, 6) is 0. The van der Waals surface area contributed by atoms with Crippen molar-refractivity contribution in [2.75, 3.05) is 0 Å². The van der Waals surface area contributed by atoms with Crippen LogP contribution in [-0.4, -0.2) is 0 Å². The summed E-state index contributed by atoms with van der Waals surface area (Å²) in [6.07, 6.45) is 10.1. The summed E-state index contributed by atoms with van der Waals surface area (Å²) >= 11 is 0. The quantitative estimate of drug-likeness (QED) is 0.549. The zero-order valence-corrected chi connectivity index (χ0v) is 8.52. The Labute approximate surface area is 75.7 Å². The van der Waals surface area contributed by atoms with Gasteiger partial charge in [-0.2, -0.15) is 0 Å². The highest BCUT2D eigenvalue weighted by atomic mass is 14.2. The van der Waals surface area contributed by atoms with E-state index in [-0.39, 0.29) is 5.41 Å². The van der Waals surface area contributed by atoms with E-state index < -0.39 is 0 Å². The molecule has 66 valence electrons. The second-order valence-corrected chi connectivity index (χ2v) is 4.05. The third-order valence-corrected chi connectivity index (χ3v) is 2.31. The van der Waals surface area contributed by atoms with E-state index >= 15 is 0 Å². The fraction of sp³-hybridized carbons (Fsp3) is 0.500. The van der Waals surface area contributed by atoms with Crippen LogP contribution in [0.1, 0.15) is 34.1 Å². The van der Waals surface area contributed by atoms with E-state index in [1.165, 1.54) is 11.1 Å². The van der Waals surface area contributed by atoms with Crippen LogP contribution < -0.4 is 0 Å². The van der Waals surface area contributed by atoms with E-state index in [0.717, 1.165) is 6.42 Å². The van der Waals surface area contributed by atoms with Crippen LogP contribution in [0.4, 0.5) is 0 Å². The predicted molar refractivity (Wildman–Crippen MR) is 55.1 cm³/mol. The van der Waals surface area contributed by atoms with Gasteiger partial charge in [-0.1, -0.05) is 45.1 Å². The zero-order valence-electron chi connectivity index (χ0n) is 8.52. The van der Waals surface area contributed by atoms with Crippen molar-refractivity contribution in [2.24, 2.45) is 5.41 Å². The molecule has 0 unspecified atom stereocenters. The van der Waals surface area contributed by atoms with Crippen molar-refractivity contribution < 1.29 is 0 Å². The molecule has 0 amide bonds.